The molecule has 0 unspecified atom stereocenters. The number of hydrogen-bond donors (Lipinski definition) is 0. The van der Waals surface area contributed by atoms with Gasteiger partial charge in [0, 0.05) is 20.8 Å². The van der Waals surface area contributed by atoms with Gasteiger partial charge in [-0.05, 0) is 51.2 Å². The van der Waals surface area contributed by atoms with Gasteiger partial charge in [0.25, 0.3) is 0 Å². The minimum Gasteiger partial charge on any atom is -0.406 e. The zero-order valence-electron chi connectivity index (χ0n) is 10.4. The van der Waals surface area contributed by atoms with E-state index >= 15 is 0 Å². The second-order valence-corrected chi connectivity index (χ2v) is 5.87. The second-order valence-electron chi connectivity index (χ2n) is 3.55. The van der Waals surface area contributed by atoms with E-state index in [0.29, 0.717) is 7.14 Å². The van der Waals surface area contributed by atoms with E-state index in [1.54, 1.807) is 6.07 Å². The summed E-state index contributed by atoms with van der Waals surface area (Å²) in [6, 6.07) is 1.68. The standard InChI is InChI=1S/C11H10I2N2O4/c1-5(16)15(6(2)17)10-8(12)4-9(13)11(14-10)19-7(3)18/h4H,1-3H3. The molecule has 2 amide bonds. The van der Waals surface area contributed by atoms with E-state index in [1.165, 1.54) is 20.8 Å². The number of esters is 1. The number of ether oxygens (including phenoxy) is 1. The average Bonchev–Trinajstić information content (AvgIpc) is 2.23. The molecular formula is C11H10I2N2O4. The van der Waals surface area contributed by atoms with Crippen LogP contribution >= 0.6 is 45.2 Å². The van der Waals surface area contributed by atoms with Gasteiger partial charge in [-0.3, -0.25) is 14.4 Å². The first-order chi connectivity index (χ1) is 8.73. The molecule has 102 valence electrons. The molecule has 0 saturated carbocycles. The van der Waals surface area contributed by atoms with Crippen LogP contribution in [0.15, 0.2) is 6.07 Å². The summed E-state index contributed by atoms with van der Waals surface area (Å²) in [7, 11) is 0. The van der Waals surface area contributed by atoms with E-state index in [2.05, 4.69) is 4.98 Å². The molecule has 1 aromatic rings. The van der Waals surface area contributed by atoms with Crippen molar-refractivity contribution in [3.63, 3.8) is 0 Å². The van der Waals surface area contributed by atoms with Gasteiger partial charge in [0.2, 0.25) is 17.7 Å². The van der Waals surface area contributed by atoms with E-state index in [-0.39, 0.29) is 11.7 Å². The Morgan fingerprint density at radius 2 is 1.63 bits per heavy atom. The van der Waals surface area contributed by atoms with Crippen molar-refractivity contribution in [2.75, 3.05) is 4.90 Å². The summed E-state index contributed by atoms with van der Waals surface area (Å²) < 4.78 is 6.17. The predicted octanol–water partition coefficient (Wildman–Crippen LogP) is 2.12. The number of halogens is 2. The Labute approximate surface area is 137 Å². The first-order valence-electron chi connectivity index (χ1n) is 5.09. The second kappa shape index (κ2) is 6.59. The highest BCUT2D eigenvalue weighted by atomic mass is 127. The Balaban J connectivity index is 3.38. The lowest BCUT2D eigenvalue weighted by Gasteiger charge is -2.18. The number of nitrogens with zero attached hydrogens (tertiary/aromatic N) is 2. The van der Waals surface area contributed by atoms with Crippen LogP contribution in [-0.2, 0) is 14.4 Å². The highest BCUT2D eigenvalue weighted by molar-refractivity contribution is 14.1. The average molecular weight is 488 g/mol. The fourth-order valence-corrected chi connectivity index (χ4v) is 3.14. The molecule has 6 nitrogen and oxygen atoms in total. The van der Waals surface area contributed by atoms with Crippen LogP contribution in [0.25, 0.3) is 0 Å². The monoisotopic (exact) mass is 488 g/mol. The molecule has 1 aromatic heterocycles. The van der Waals surface area contributed by atoms with Crippen molar-refractivity contribution in [3.8, 4) is 5.88 Å². The number of amides is 2. The molecule has 0 aliphatic heterocycles. The highest BCUT2D eigenvalue weighted by Crippen LogP contribution is 2.28. The molecule has 19 heavy (non-hydrogen) atoms. The summed E-state index contributed by atoms with van der Waals surface area (Å²) in [5.74, 6) is -1.18. The Bertz CT molecular complexity index is 546. The van der Waals surface area contributed by atoms with Gasteiger partial charge in [0.1, 0.15) is 0 Å². The van der Waals surface area contributed by atoms with Gasteiger partial charge in [-0.15, -0.1) is 0 Å². The number of carbonyl (C=O) groups excluding carboxylic acids is 3. The van der Waals surface area contributed by atoms with Crippen molar-refractivity contribution in [3.05, 3.63) is 13.2 Å². The van der Waals surface area contributed by atoms with Crippen molar-refractivity contribution in [1.82, 2.24) is 4.98 Å². The lowest BCUT2D eigenvalue weighted by molar-refractivity contribution is -0.132. The lowest BCUT2D eigenvalue weighted by atomic mass is 10.4. The van der Waals surface area contributed by atoms with E-state index in [1.807, 2.05) is 45.2 Å². The van der Waals surface area contributed by atoms with Crippen molar-refractivity contribution in [1.29, 1.82) is 0 Å². The SMILES string of the molecule is CC(=O)Oc1nc(N(C(C)=O)C(C)=O)c(I)cc1I. The first-order valence-corrected chi connectivity index (χ1v) is 7.25. The fraction of sp³-hybridized carbons (Fsp3) is 0.273. The normalized spacial score (nSPS) is 9.95. The third-order valence-electron chi connectivity index (χ3n) is 1.96. The van der Waals surface area contributed by atoms with Crippen LogP contribution in [-0.4, -0.2) is 22.8 Å². The van der Waals surface area contributed by atoms with Crippen LogP contribution in [0.1, 0.15) is 20.8 Å². The topological polar surface area (TPSA) is 76.6 Å². The molecule has 0 spiro atoms. The van der Waals surface area contributed by atoms with Crippen molar-refractivity contribution in [2.24, 2.45) is 0 Å². The van der Waals surface area contributed by atoms with E-state index < -0.39 is 17.8 Å². The predicted molar refractivity (Wildman–Crippen MR) is 84.8 cm³/mol. The molecule has 0 aliphatic rings. The molecule has 0 saturated heterocycles. The number of aromatic nitrogens is 1. The molecule has 1 heterocycles. The number of hydrogen-bond acceptors (Lipinski definition) is 5. The summed E-state index contributed by atoms with van der Waals surface area (Å²) in [5, 5.41) is 0. The molecule has 8 heteroatoms. The Morgan fingerprint density at radius 3 is 2.05 bits per heavy atom. The Hall–Kier alpha value is -0.780. The number of carbonyl (C=O) groups is 3. The maximum Gasteiger partial charge on any atom is 0.309 e. The van der Waals surface area contributed by atoms with Gasteiger partial charge in [-0.25, -0.2) is 4.90 Å². The first kappa shape index (κ1) is 16.3. The molecule has 0 aliphatic carbocycles. The van der Waals surface area contributed by atoms with Gasteiger partial charge in [0.15, 0.2) is 5.82 Å². The van der Waals surface area contributed by atoms with Crippen LogP contribution < -0.4 is 9.64 Å². The summed E-state index contributed by atoms with van der Waals surface area (Å²) in [6.07, 6.45) is 0. The highest BCUT2D eigenvalue weighted by Gasteiger charge is 2.23. The van der Waals surface area contributed by atoms with E-state index in [0.717, 1.165) is 4.90 Å². The Morgan fingerprint density at radius 1 is 1.11 bits per heavy atom. The molecule has 0 radical (unpaired) electrons. The van der Waals surface area contributed by atoms with Gasteiger partial charge < -0.3 is 4.74 Å². The van der Waals surface area contributed by atoms with Gasteiger partial charge >= 0.3 is 5.97 Å². The number of imide groups is 1. The van der Waals surface area contributed by atoms with Crippen molar-refractivity contribution in [2.45, 2.75) is 20.8 Å². The number of rotatable bonds is 2. The minimum atomic E-state index is -0.519. The quantitative estimate of drug-likeness (QED) is 0.472. The minimum absolute atomic E-state index is 0.0796. The zero-order valence-corrected chi connectivity index (χ0v) is 14.7. The van der Waals surface area contributed by atoms with Crippen LogP contribution in [0.5, 0.6) is 5.88 Å². The third kappa shape index (κ3) is 4.09. The summed E-state index contributed by atoms with van der Waals surface area (Å²) in [4.78, 5) is 39.0. The third-order valence-corrected chi connectivity index (χ3v) is 3.53. The zero-order chi connectivity index (χ0) is 14.7. The summed E-state index contributed by atoms with van der Waals surface area (Å²) in [6.45, 7) is 3.79. The van der Waals surface area contributed by atoms with Gasteiger partial charge in [0.05, 0.1) is 7.14 Å². The molecule has 0 aromatic carbocycles. The Kier molecular flexibility index (Phi) is 5.64. The molecule has 1 rings (SSSR count). The molecule has 0 atom stereocenters. The largest absolute Gasteiger partial charge is 0.406 e. The number of pyridine rings is 1. The van der Waals surface area contributed by atoms with Crippen LogP contribution in [0.3, 0.4) is 0 Å². The summed E-state index contributed by atoms with van der Waals surface area (Å²) >= 11 is 3.93. The maximum absolute atomic E-state index is 11.5. The molecular weight excluding hydrogens is 478 g/mol. The van der Waals surface area contributed by atoms with E-state index in [9.17, 15) is 14.4 Å². The smallest absolute Gasteiger partial charge is 0.309 e. The van der Waals surface area contributed by atoms with E-state index in [4.69, 9.17) is 4.74 Å². The lowest BCUT2D eigenvalue weighted by Crippen LogP contribution is -2.34. The van der Waals surface area contributed by atoms with Crippen LogP contribution in [0, 0.1) is 7.14 Å². The number of anilines is 1. The van der Waals surface area contributed by atoms with Crippen LogP contribution in [0.4, 0.5) is 5.82 Å². The molecule has 0 fully saturated rings. The van der Waals surface area contributed by atoms with Crippen LogP contribution in [0.2, 0.25) is 0 Å². The van der Waals surface area contributed by atoms with Gasteiger partial charge in [-0.1, -0.05) is 0 Å². The maximum atomic E-state index is 11.5. The van der Waals surface area contributed by atoms with Crippen molar-refractivity contribution < 1.29 is 19.1 Å². The van der Waals surface area contributed by atoms with Gasteiger partial charge in [-0.2, -0.15) is 4.98 Å². The molecule has 0 N–H and O–H groups in total. The molecule has 0 bridgehead atoms. The van der Waals surface area contributed by atoms with Crippen molar-refractivity contribution >= 4 is 68.8 Å². The summed E-state index contributed by atoms with van der Waals surface area (Å²) in [5.41, 5.74) is 0. The fourth-order valence-electron chi connectivity index (χ4n) is 1.33.